The average molecular weight is 278 g/mol. The van der Waals surface area contributed by atoms with Gasteiger partial charge in [0, 0.05) is 0 Å². The van der Waals surface area contributed by atoms with Crippen LogP contribution in [0.15, 0.2) is 22.9 Å². The van der Waals surface area contributed by atoms with Crippen molar-refractivity contribution in [3.63, 3.8) is 0 Å². The lowest BCUT2D eigenvalue weighted by molar-refractivity contribution is 0.0697. The Hall–Kier alpha value is -1.31. The van der Waals surface area contributed by atoms with E-state index in [0.717, 1.165) is 17.4 Å². The third-order valence-electron chi connectivity index (χ3n) is 1.65. The molecule has 2 aromatic rings. The zero-order valence-electron chi connectivity index (χ0n) is 8.39. The van der Waals surface area contributed by atoms with Gasteiger partial charge in [-0.15, -0.1) is 22.7 Å². The zero-order valence-corrected chi connectivity index (χ0v) is 10.0. The second-order valence-electron chi connectivity index (χ2n) is 2.75. The quantitative estimate of drug-likeness (QED) is 0.888. The Labute approximate surface area is 104 Å². The van der Waals surface area contributed by atoms with E-state index in [-0.39, 0.29) is 17.3 Å². The van der Waals surface area contributed by atoms with E-state index in [1.165, 1.54) is 22.8 Å². The number of aromatic carboxylic acids is 1. The number of hydrogen-bond acceptors (Lipinski definition) is 4. The molecule has 0 aromatic carbocycles. The summed E-state index contributed by atoms with van der Waals surface area (Å²) in [6.45, 7) is -0.191. The third-order valence-corrected chi connectivity index (χ3v) is 3.40. The lowest BCUT2D eigenvalue weighted by Crippen LogP contribution is -1.93. The van der Waals surface area contributed by atoms with Crippen LogP contribution >= 0.6 is 22.7 Å². The predicted molar refractivity (Wildman–Crippen MR) is 61.4 cm³/mol. The molecule has 2 N–H and O–H groups in total. The van der Waals surface area contributed by atoms with E-state index in [0.29, 0.717) is 4.88 Å². The van der Waals surface area contributed by atoms with Crippen LogP contribution in [0.25, 0.3) is 0 Å². The number of halogens is 2. The van der Waals surface area contributed by atoms with Crippen molar-refractivity contribution in [2.45, 2.75) is 6.61 Å². The maximum atomic E-state index is 12.2. The molecule has 0 saturated carbocycles. The van der Waals surface area contributed by atoms with Crippen molar-refractivity contribution in [1.29, 1.82) is 0 Å². The fourth-order valence-corrected chi connectivity index (χ4v) is 2.10. The number of thiophene rings is 2. The summed E-state index contributed by atoms with van der Waals surface area (Å²) in [5.74, 6) is -2.17. The van der Waals surface area contributed by atoms with Crippen LogP contribution in [0.2, 0.25) is 0 Å². The van der Waals surface area contributed by atoms with Gasteiger partial charge in [0.25, 0.3) is 0 Å². The molecule has 0 aliphatic rings. The van der Waals surface area contributed by atoms with Gasteiger partial charge in [0.2, 0.25) is 0 Å². The summed E-state index contributed by atoms with van der Waals surface area (Å²) in [4.78, 5) is 10.2. The van der Waals surface area contributed by atoms with Gasteiger partial charge >= 0.3 is 5.97 Å². The first-order valence-electron chi connectivity index (χ1n) is 4.35. The first-order valence-corrected chi connectivity index (χ1v) is 6.11. The van der Waals surface area contributed by atoms with Crippen molar-refractivity contribution in [3.05, 3.63) is 44.3 Å². The minimum atomic E-state index is -1.21. The van der Waals surface area contributed by atoms with E-state index in [4.69, 9.17) is 10.2 Å². The normalized spacial score (nSPS) is 9.59. The summed E-state index contributed by atoms with van der Waals surface area (Å²) in [5.41, 5.74) is 0. The van der Waals surface area contributed by atoms with Gasteiger partial charge in [-0.1, -0.05) is 0 Å². The summed E-state index contributed by atoms with van der Waals surface area (Å²) in [5, 5.41) is 19.6. The molecule has 2 heterocycles. The highest BCUT2D eigenvalue weighted by Gasteiger charge is 2.09. The van der Waals surface area contributed by atoms with Gasteiger partial charge < -0.3 is 10.2 Å². The number of rotatable bonds is 2. The maximum Gasteiger partial charge on any atom is 0.348 e. The monoisotopic (exact) mass is 278 g/mol. The van der Waals surface area contributed by atoms with Crippen molar-refractivity contribution in [1.82, 2.24) is 0 Å². The Bertz CT molecular complexity index is 493. The van der Waals surface area contributed by atoms with Gasteiger partial charge in [-0.2, -0.15) is 0 Å². The molecule has 0 saturated heterocycles. The van der Waals surface area contributed by atoms with Crippen LogP contribution in [0.1, 0.15) is 14.5 Å². The van der Waals surface area contributed by atoms with Crippen LogP contribution in [-0.4, -0.2) is 16.2 Å². The Balaban J connectivity index is 0.000000171. The van der Waals surface area contributed by atoms with Crippen molar-refractivity contribution < 1.29 is 23.8 Å². The second-order valence-corrected chi connectivity index (χ2v) is 4.67. The Kier molecular flexibility index (Phi) is 5.20. The molecule has 17 heavy (non-hydrogen) atoms. The van der Waals surface area contributed by atoms with Crippen LogP contribution in [-0.2, 0) is 6.61 Å². The molecule has 0 aliphatic heterocycles. The average Bonchev–Trinajstić information content (AvgIpc) is 2.87. The second kappa shape index (κ2) is 6.43. The van der Waals surface area contributed by atoms with Gasteiger partial charge in [-0.05, 0) is 22.9 Å². The van der Waals surface area contributed by atoms with Crippen molar-refractivity contribution in [2.24, 2.45) is 0 Å². The van der Waals surface area contributed by atoms with Crippen LogP contribution < -0.4 is 0 Å². The molecule has 2 rings (SSSR count). The molecule has 0 spiro atoms. The molecule has 7 heteroatoms. The molecular weight excluding hydrogens is 270 g/mol. The lowest BCUT2D eigenvalue weighted by atomic mass is 10.4. The van der Waals surface area contributed by atoms with Crippen LogP contribution in [0.5, 0.6) is 0 Å². The first-order chi connectivity index (χ1) is 8.06. The van der Waals surface area contributed by atoms with Crippen LogP contribution in [0, 0.1) is 11.6 Å². The summed E-state index contributed by atoms with van der Waals surface area (Å²) in [7, 11) is 0. The number of carboxylic acids is 1. The summed E-state index contributed by atoms with van der Waals surface area (Å²) in [6.07, 6.45) is 0. The number of hydrogen-bond donors (Lipinski definition) is 2. The molecule has 92 valence electrons. The number of aliphatic hydroxyl groups is 1. The standard InChI is InChI=1S/C5H3FO2S.C5H5FOS/c6-3-1-2-9-4(3)5(7)8;6-4-1-2-8-5(4)3-7/h1-2H,(H,7,8);1-2,7H,3H2. The molecule has 2 aromatic heterocycles. The summed E-state index contributed by atoms with van der Waals surface area (Å²) >= 11 is 2.11. The molecular formula is C10H8F2O3S2. The number of carbonyl (C=O) groups is 1. The molecule has 0 unspecified atom stereocenters. The Morgan fingerprint density at radius 2 is 1.76 bits per heavy atom. The van der Waals surface area contributed by atoms with E-state index in [1.54, 1.807) is 5.38 Å². The van der Waals surface area contributed by atoms with Crippen molar-refractivity contribution in [2.75, 3.05) is 0 Å². The van der Waals surface area contributed by atoms with Crippen LogP contribution in [0.4, 0.5) is 8.78 Å². The highest BCUT2D eigenvalue weighted by atomic mass is 32.1. The van der Waals surface area contributed by atoms with Gasteiger partial charge in [-0.25, -0.2) is 13.6 Å². The van der Waals surface area contributed by atoms with E-state index in [1.807, 2.05) is 0 Å². The highest BCUT2D eigenvalue weighted by Crippen LogP contribution is 2.14. The van der Waals surface area contributed by atoms with E-state index >= 15 is 0 Å². The SMILES string of the molecule is O=C(O)c1sccc1F.OCc1sccc1F. The molecule has 0 atom stereocenters. The molecule has 0 bridgehead atoms. The topological polar surface area (TPSA) is 57.5 Å². The first kappa shape index (κ1) is 13.8. The highest BCUT2D eigenvalue weighted by molar-refractivity contribution is 7.12. The fourth-order valence-electron chi connectivity index (χ4n) is 0.884. The molecule has 0 aliphatic carbocycles. The van der Waals surface area contributed by atoms with Gasteiger partial charge in [0.05, 0.1) is 11.5 Å². The summed E-state index contributed by atoms with van der Waals surface area (Å²) in [6, 6.07) is 2.48. The fraction of sp³-hybridized carbons (Fsp3) is 0.100. The molecule has 0 amide bonds. The van der Waals surface area contributed by atoms with Crippen molar-refractivity contribution in [3.8, 4) is 0 Å². The Morgan fingerprint density at radius 1 is 1.18 bits per heavy atom. The largest absolute Gasteiger partial charge is 0.477 e. The smallest absolute Gasteiger partial charge is 0.348 e. The summed E-state index contributed by atoms with van der Waals surface area (Å²) < 4.78 is 24.4. The number of aliphatic hydroxyl groups excluding tert-OH is 1. The van der Waals surface area contributed by atoms with E-state index in [9.17, 15) is 13.6 Å². The van der Waals surface area contributed by atoms with E-state index in [2.05, 4.69) is 0 Å². The van der Waals surface area contributed by atoms with Gasteiger partial charge in [-0.3, -0.25) is 0 Å². The lowest BCUT2D eigenvalue weighted by Gasteiger charge is -1.83. The van der Waals surface area contributed by atoms with Gasteiger partial charge in [0.15, 0.2) is 0 Å². The van der Waals surface area contributed by atoms with E-state index < -0.39 is 11.8 Å². The minimum absolute atomic E-state index is 0.191. The maximum absolute atomic E-state index is 12.2. The third kappa shape index (κ3) is 3.88. The predicted octanol–water partition coefficient (Wildman–Crippen LogP) is 2.96. The van der Waals surface area contributed by atoms with Gasteiger partial charge in [0.1, 0.15) is 16.5 Å². The van der Waals surface area contributed by atoms with Crippen LogP contribution in [0.3, 0.4) is 0 Å². The Morgan fingerprint density at radius 3 is 2.00 bits per heavy atom. The number of carboxylic acid groups (broad SMARTS) is 1. The molecule has 3 nitrogen and oxygen atoms in total. The van der Waals surface area contributed by atoms with Crippen molar-refractivity contribution >= 4 is 28.6 Å². The molecule has 0 fully saturated rings. The minimum Gasteiger partial charge on any atom is -0.477 e. The molecule has 0 radical (unpaired) electrons. The zero-order chi connectivity index (χ0) is 12.8.